The van der Waals surface area contributed by atoms with Gasteiger partial charge in [-0.1, -0.05) is 18.2 Å². The summed E-state index contributed by atoms with van der Waals surface area (Å²) >= 11 is 0. The first-order valence-corrected chi connectivity index (χ1v) is 6.38. The topological polar surface area (TPSA) is 57.6 Å². The van der Waals surface area contributed by atoms with Crippen LogP contribution in [0.3, 0.4) is 0 Å². The molecule has 0 unspecified atom stereocenters. The predicted octanol–water partition coefficient (Wildman–Crippen LogP) is 1.96. The molecule has 1 saturated carbocycles. The van der Waals surface area contributed by atoms with Crippen molar-refractivity contribution < 1.29 is 19.1 Å². The summed E-state index contributed by atoms with van der Waals surface area (Å²) in [6, 6.07) is 5.82. The summed E-state index contributed by atoms with van der Waals surface area (Å²) in [4.78, 5) is 24.7. The number of carbonyl (C=O) groups is 2. The maximum absolute atomic E-state index is 13.0. The summed E-state index contributed by atoms with van der Waals surface area (Å²) in [6.07, 6.45) is 2.82. The molecule has 1 aliphatic carbocycles. The molecule has 0 bridgehead atoms. The zero-order chi connectivity index (χ0) is 14.8. The van der Waals surface area contributed by atoms with Gasteiger partial charge < -0.3 is 10.0 Å². The SMILES string of the molecule is C=CCN(CC(=O)O)C(=O)C1(c2ccc(F)cc2)CC1. The second-order valence-corrected chi connectivity index (χ2v) is 4.96. The molecule has 1 aromatic rings. The van der Waals surface area contributed by atoms with E-state index < -0.39 is 11.4 Å². The van der Waals surface area contributed by atoms with Crippen LogP contribution in [0, 0.1) is 5.82 Å². The largest absolute Gasteiger partial charge is 0.480 e. The molecule has 0 atom stereocenters. The molecule has 1 fully saturated rings. The van der Waals surface area contributed by atoms with Crippen molar-refractivity contribution >= 4 is 11.9 Å². The van der Waals surface area contributed by atoms with Gasteiger partial charge in [-0.2, -0.15) is 0 Å². The van der Waals surface area contributed by atoms with E-state index in [1.165, 1.54) is 23.1 Å². The van der Waals surface area contributed by atoms with Crippen LogP contribution in [0.25, 0.3) is 0 Å². The molecular weight excluding hydrogens is 261 g/mol. The molecule has 1 N–H and O–H groups in total. The van der Waals surface area contributed by atoms with Crippen LogP contribution in [-0.2, 0) is 15.0 Å². The molecule has 2 rings (SSSR count). The van der Waals surface area contributed by atoms with E-state index in [0.717, 1.165) is 5.56 Å². The number of amides is 1. The van der Waals surface area contributed by atoms with Gasteiger partial charge >= 0.3 is 5.97 Å². The molecule has 0 aromatic heterocycles. The Morgan fingerprint density at radius 3 is 2.40 bits per heavy atom. The number of benzene rings is 1. The van der Waals surface area contributed by atoms with E-state index in [0.29, 0.717) is 12.8 Å². The zero-order valence-corrected chi connectivity index (χ0v) is 11.0. The Morgan fingerprint density at radius 1 is 1.35 bits per heavy atom. The smallest absolute Gasteiger partial charge is 0.323 e. The van der Waals surface area contributed by atoms with Gasteiger partial charge in [0.15, 0.2) is 0 Å². The van der Waals surface area contributed by atoms with Crippen LogP contribution >= 0.6 is 0 Å². The van der Waals surface area contributed by atoms with Crippen molar-refractivity contribution in [3.05, 3.63) is 48.3 Å². The van der Waals surface area contributed by atoms with E-state index in [1.54, 1.807) is 12.1 Å². The highest BCUT2D eigenvalue weighted by Crippen LogP contribution is 2.49. The lowest BCUT2D eigenvalue weighted by molar-refractivity contribution is -0.145. The maximum atomic E-state index is 13.0. The van der Waals surface area contributed by atoms with Gasteiger partial charge in [-0.3, -0.25) is 9.59 Å². The first kappa shape index (κ1) is 14.2. The predicted molar refractivity (Wildman–Crippen MR) is 71.7 cm³/mol. The molecule has 0 radical (unpaired) electrons. The summed E-state index contributed by atoms with van der Waals surface area (Å²) < 4.78 is 13.0. The van der Waals surface area contributed by atoms with Crippen LogP contribution in [-0.4, -0.2) is 35.0 Å². The van der Waals surface area contributed by atoms with E-state index in [4.69, 9.17) is 5.11 Å². The number of carboxylic acids is 1. The first-order chi connectivity index (χ1) is 9.49. The Labute approximate surface area is 116 Å². The van der Waals surface area contributed by atoms with E-state index in [2.05, 4.69) is 6.58 Å². The Balaban J connectivity index is 2.23. The standard InChI is InChI=1S/C15H16FNO3/c1-2-9-17(10-13(18)19)14(20)15(7-8-15)11-3-5-12(16)6-4-11/h2-6H,1,7-10H2,(H,18,19). The second kappa shape index (κ2) is 5.45. The fourth-order valence-corrected chi connectivity index (χ4v) is 2.36. The van der Waals surface area contributed by atoms with Crippen molar-refractivity contribution in [1.82, 2.24) is 4.90 Å². The molecule has 20 heavy (non-hydrogen) atoms. The minimum Gasteiger partial charge on any atom is -0.480 e. The van der Waals surface area contributed by atoms with Crippen LogP contribution in [0.15, 0.2) is 36.9 Å². The van der Waals surface area contributed by atoms with Crippen molar-refractivity contribution in [3.8, 4) is 0 Å². The summed E-state index contributed by atoms with van der Waals surface area (Å²) in [5, 5.41) is 8.87. The number of carboxylic acid groups (broad SMARTS) is 1. The third-order valence-electron chi connectivity index (χ3n) is 3.52. The number of hydrogen-bond donors (Lipinski definition) is 1. The molecule has 0 aliphatic heterocycles. The minimum absolute atomic E-state index is 0.189. The van der Waals surface area contributed by atoms with Gasteiger partial charge in [-0.25, -0.2) is 4.39 Å². The summed E-state index contributed by atoms with van der Waals surface area (Å²) in [7, 11) is 0. The second-order valence-electron chi connectivity index (χ2n) is 4.96. The van der Waals surface area contributed by atoms with Gasteiger partial charge in [-0.15, -0.1) is 6.58 Å². The van der Waals surface area contributed by atoms with E-state index in [9.17, 15) is 14.0 Å². The molecular formula is C15H16FNO3. The van der Waals surface area contributed by atoms with E-state index in [1.807, 2.05) is 0 Å². The first-order valence-electron chi connectivity index (χ1n) is 6.38. The van der Waals surface area contributed by atoms with Crippen LogP contribution in [0.5, 0.6) is 0 Å². The number of rotatable bonds is 6. The van der Waals surface area contributed by atoms with Gasteiger partial charge in [-0.05, 0) is 30.5 Å². The number of carbonyl (C=O) groups excluding carboxylic acids is 1. The van der Waals surface area contributed by atoms with Crippen LogP contribution in [0.4, 0.5) is 4.39 Å². The minimum atomic E-state index is -1.06. The van der Waals surface area contributed by atoms with Crippen molar-refractivity contribution in [2.75, 3.05) is 13.1 Å². The van der Waals surface area contributed by atoms with Crippen molar-refractivity contribution in [3.63, 3.8) is 0 Å². The lowest BCUT2D eigenvalue weighted by Crippen LogP contribution is -2.42. The Hall–Kier alpha value is -2.17. The van der Waals surface area contributed by atoms with Gasteiger partial charge in [0.2, 0.25) is 5.91 Å². The Bertz CT molecular complexity index is 535. The van der Waals surface area contributed by atoms with Gasteiger partial charge in [0.25, 0.3) is 0 Å². The molecule has 1 aliphatic rings. The monoisotopic (exact) mass is 277 g/mol. The quantitative estimate of drug-likeness (QED) is 0.809. The number of hydrogen-bond acceptors (Lipinski definition) is 2. The Morgan fingerprint density at radius 2 is 1.95 bits per heavy atom. The van der Waals surface area contributed by atoms with Crippen molar-refractivity contribution in [2.24, 2.45) is 0 Å². The maximum Gasteiger partial charge on any atom is 0.323 e. The number of halogens is 1. The van der Waals surface area contributed by atoms with Crippen LogP contribution in [0.2, 0.25) is 0 Å². The number of aliphatic carboxylic acids is 1. The molecule has 0 spiro atoms. The lowest BCUT2D eigenvalue weighted by atomic mass is 9.94. The molecule has 1 aromatic carbocycles. The fourth-order valence-electron chi connectivity index (χ4n) is 2.36. The average molecular weight is 277 g/mol. The highest BCUT2D eigenvalue weighted by molar-refractivity contribution is 5.93. The van der Waals surface area contributed by atoms with Crippen LogP contribution < -0.4 is 0 Å². The fraction of sp³-hybridized carbons (Fsp3) is 0.333. The highest BCUT2D eigenvalue weighted by Gasteiger charge is 2.53. The zero-order valence-electron chi connectivity index (χ0n) is 11.0. The Kier molecular flexibility index (Phi) is 3.88. The number of nitrogens with zero attached hydrogens (tertiary/aromatic N) is 1. The molecule has 0 saturated heterocycles. The summed E-state index contributed by atoms with van der Waals surface area (Å²) in [5.74, 6) is -1.65. The van der Waals surface area contributed by atoms with Crippen LogP contribution in [0.1, 0.15) is 18.4 Å². The molecule has 5 heteroatoms. The van der Waals surface area contributed by atoms with Crippen molar-refractivity contribution in [2.45, 2.75) is 18.3 Å². The average Bonchev–Trinajstić information content (AvgIpc) is 3.19. The summed E-state index contributed by atoms with van der Waals surface area (Å²) in [5.41, 5.74) is 0.0509. The third-order valence-corrected chi connectivity index (χ3v) is 3.52. The van der Waals surface area contributed by atoms with Gasteiger partial charge in [0.05, 0.1) is 5.41 Å². The van der Waals surface area contributed by atoms with Gasteiger partial charge in [0.1, 0.15) is 12.4 Å². The van der Waals surface area contributed by atoms with E-state index >= 15 is 0 Å². The molecule has 1 amide bonds. The lowest BCUT2D eigenvalue weighted by Gasteiger charge is -2.25. The molecule has 4 nitrogen and oxygen atoms in total. The van der Waals surface area contributed by atoms with Crippen molar-refractivity contribution in [1.29, 1.82) is 0 Å². The summed E-state index contributed by atoms with van der Waals surface area (Å²) in [6.45, 7) is 3.38. The van der Waals surface area contributed by atoms with Gasteiger partial charge in [0, 0.05) is 6.54 Å². The highest BCUT2D eigenvalue weighted by atomic mass is 19.1. The molecule has 0 heterocycles. The van der Waals surface area contributed by atoms with E-state index in [-0.39, 0.29) is 24.8 Å². The molecule has 106 valence electrons. The normalized spacial score (nSPS) is 15.4. The third kappa shape index (κ3) is 2.71.